The lowest BCUT2D eigenvalue weighted by molar-refractivity contribution is -0.181. The van der Waals surface area contributed by atoms with Crippen molar-refractivity contribution in [2.45, 2.75) is 32.7 Å². The van der Waals surface area contributed by atoms with Gasteiger partial charge in [-0.2, -0.15) is 0 Å². The molecule has 2 atom stereocenters. The second kappa shape index (κ2) is 3.74. The fraction of sp³-hybridized carbons (Fsp3) is 0.750. The van der Waals surface area contributed by atoms with Crippen molar-refractivity contribution in [2.24, 2.45) is 0 Å². The van der Waals surface area contributed by atoms with E-state index in [-0.39, 0.29) is 6.29 Å². The molecule has 0 amide bonds. The van der Waals surface area contributed by atoms with Crippen molar-refractivity contribution >= 4 is 0 Å². The van der Waals surface area contributed by atoms with Crippen molar-refractivity contribution in [3.05, 3.63) is 12.2 Å². The summed E-state index contributed by atoms with van der Waals surface area (Å²) in [5.74, 6) is 0. The van der Waals surface area contributed by atoms with Crippen molar-refractivity contribution in [1.29, 1.82) is 0 Å². The van der Waals surface area contributed by atoms with Gasteiger partial charge >= 0.3 is 0 Å². The van der Waals surface area contributed by atoms with Crippen molar-refractivity contribution in [2.75, 3.05) is 6.61 Å². The van der Waals surface area contributed by atoms with Crippen molar-refractivity contribution in [1.82, 2.24) is 0 Å². The highest BCUT2D eigenvalue weighted by Crippen LogP contribution is 2.12. The van der Waals surface area contributed by atoms with Crippen LogP contribution in [0.1, 0.15) is 20.3 Å². The van der Waals surface area contributed by atoms with E-state index in [1.165, 1.54) is 0 Å². The third kappa shape index (κ3) is 2.12. The zero-order valence-corrected chi connectivity index (χ0v) is 6.54. The molecule has 1 aliphatic rings. The van der Waals surface area contributed by atoms with Gasteiger partial charge < -0.3 is 9.47 Å². The van der Waals surface area contributed by atoms with Crippen molar-refractivity contribution in [3.8, 4) is 0 Å². The average molecular weight is 142 g/mol. The molecule has 2 nitrogen and oxygen atoms in total. The average Bonchev–Trinajstić information content (AvgIpc) is 1.88. The number of hydrogen-bond acceptors (Lipinski definition) is 2. The first-order chi connectivity index (χ1) is 4.83. The minimum absolute atomic E-state index is 0.103. The Bertz CT molecular complexity index is 120. The van der Waals surface area contributed by atoms with Crippen molar-refractivity contribution in [3.63, 3.8) is 0 Å². The Morgan fingerprint density at radius 2 is 2.30 bits per heavy atom. The van der Waals surface area contributed by atoms with E-state index in [0.29, 0.717) is 6.10 Å². The molecule has 10 heavy (non-hydrogen) atoms. The van der Waals surface area contributed by atoms with Gasteiger partial charge in [-0.3, -0.25) is 0 Å². The molecule has 0 aromatic rings. The molecule has 1 heterocycles. The fourth-order valence-corrected chi connectivity index (χ4v) is 0.944. The molecule has 0 saturated carbocycles. The summed E-state index contributed by atoms with van der Waals surface area (Å²) in [4.78, 5) is 0. The first-order valence-electron chi connectivity index (χ1n) is 3.73. The Labute approximate surface area is 61.8 Å². The van der Waals surface area contributed by atoms with Crippen LogP contribution < -0.4 is 0 Å². The number of hydrogen-bond donors (Lipinski definition) is 0. The van der Waals surface area contributed by atoms with Crippen LogP contribution in [0.4, 0.5) is 0 Å². The smallest absolute Gasteiger partial charge is 0.177 e. The van der Waals surface area contributed by atoms with Crippen molar-refractivity contribution < 1.29 is 9.47 Å². The van der Waals surface area contributed by atoms with E-state index >= 15 is 0 Å². The molecule has 0 radical (unpaired) electrons. The summed E-state index contributed by atoms with van der Waals surface area (Å²) in [5, 5.41) is 0. The number of ether oxygens (including phenoxy) is 2. The molecular weight excluding hydrogens is 128 g/mol. The van der Waals surface area contributed by atoms with Crippen LogP contribution in [0, 0.1) is 0 Å². The molecule has 0 N–H and O–H groups in total. The maximum Gasteiger partial charge on any atom is 0.177 e. The van der Waals surface area contributed by atoms with Crippen LogP contribution in [0.3, 0.4) is 0 Å². The van der Waals surface area contributed by atoms with Gasteiger partial charge in [0.15, 0.2) is 6.29 Å². The lowest BCUT2D eigenvalue weighted by atomic mass is 10.3. The first kappa shape index (κ1) is 7.76. The lowest BCUT2D eigenvalue weighted by Crippen LogP contribution is -2.28. The molecule has 0 aromatic heterocycles. The first-order valence-corrected chi connectivity index (χ1v) is 3.73. The Hall–Kier alpha value is -0.340. The number of allylic oxidation sites excluding steroid dienone is 1. The van der Waals surface area contributed by atoms with Crippen LogP contribution in [-0.2, 0) is 9.47 Å². The van der Waals surface area contributed by atoms with Gasteiger partial charge in [-0.05, 0) is 26.3 Å². The molecule has 0 bridgehead atoms. The van der Waals surface area contributed by atoms with Gasteiger partial charge in [0.25, 0.3) is 0 Å². The molecule has 0 spiro atoms. The monoisotopic (exact) mass is 142 g/mol. The van der Waals surface area contributed by atoms with E-state index < -0.39 is 0 Å². The fourth-order valence-electron chi connectivity index (χ4n) is 0.944. The molecule has 1 rings (SSSR count). The Morgan fingerprint density at radius 1 is 1.50 bits per heavy atom. The van der Waals surface area contributed by atoms with E-state index in [4.69, 9.17) is 9.47 Å². The summed E-state index contributed by atoms with van der Waals surface area (Å²) < 4.78 is 10.7. The highest BCUT2D eigenvalue weighted by Gasteiger charge is 2.15. The van der Waals surface area contributed by atoms with Crippen LogP contribution in [0.2, 0.25) is 0 Å². The van der Waals surface area contributed by atoms with Gasteiger partial charge in [0, 0.05) is 0 Å². The standard InChI is InChI=1S/C8H14O2/c1-3-4-8-9-6-5-7(2)10-8/h3-4,7-8H,5-6H2,1-2H3/b4-3+/t7-,8+/m0/s1. The molecule has 0 unspecified atom stereocenters. The quantitative estimate of drug-likeness (QED) is 0.519. The van der Waals surface area contributed by atoms with Crippen LogP contribution in [0.25, 0.3) is 0 Å². The van der Waals surface area contributed by atoms with E-state index in [1.54, 1.807) is 0 Å². The van der Waals surface area contributed by atoms with E-state index in [9.17, 15) is 0 Å². The highest BCUT2D eigenvalue weighted by atomic mass is 16.7. The normalized spacial score (nSPS) is 35.0. The molecule has 0 aromatic carbocycles. The molecule has 1 saturated heterocycles. The van der Waals surface area contributed by atoms with Crippen LogP contribution in [0.5, 0.6) is 0 Å². The maximum atomic E-state index is 5.42. The largest absolute Gasteiger partial charge is 0.349 e. The Kier molecular flexibility index (Phi) is 2.90. The summed E-state index contributed by atoms with van der Waals surface area (Å²) in [6, 6.07) is 0. The maximum absolute atomic E-state index is 5.42. The highest BCUT2D eigenvalue weighted by molar-refractivity contribution is 4.83. The summed E-state index contributed by atoms with van der Waals surface area (Å²) in [7, 11) is 0. The zero-order chi connectivity index (χ0) is 7.40. The van der Waals surface area contributed by atoms with Gasteiger partial charge in [-0.1, -0.05) is 6.08 Å². The predicted molar refractivity (Wildman–Crippen MR) is 39.7 cm³/mol. The SMILES string of the molecule is C/C=C/[C@@H]1OCC[C@H](C)O1. The summed E-state index contributed by atoms with van der Waals surface area (Å²) in [5.41, 5.74) is 0. The second-order valence-corrected chi connectivity index (χ2v) is 2.50. The summed E-state index contributed by atoms with van der Waals surface area (Å²) in [6.07, 6.45) is 5.12. The Morgan fingerprint density at radius 3 is 2.90 bits per heavy atom. The molecule has 1 aliphatic heterocycles. The predicted octanol–water partition coefficient (Wildman–Crippen LogP) is 1.71. The van der Waals surface area contributed by atoms with E-state index in [2.05, 4.69) is 6.92 Å². The molecule has 1 fully saturated rings. The van der Waals surface area contributed by atoms with Crippen LogP contribution in [0.15, 0.2) is 12.2 Å². The lowest BCUT2D eigenvalue weighted by Gasteiger charge is -2.25. The van der Waals surface area contributed by atoms with E-state index in [0.717, 1.165) is 13.0 Å². The third-order valence-electron chi connectivity index (χ3n) is 1.52. The van der Waals surface area contributed by atoms with Gasteiger partial charge in [0.2, 0.25) is 0 Å². The summed E-state index contributed by atoms with van der Waals surface area (Å²) in [6.45, 7) is 4.85. The minimum atomic E-state index is -0.103. The van der Waals surface area contributed by atoms with Gasteiger partial charge in [-0.25, -0.2) is 0 Å². The van der Waals surface area contributed by atoms with Crippen LogP contribution in [-0.4, -0.2) is 19.0 Å². The number of rotatable bonds is 1. The van der Waals surface area contributed by atoms with Gasteiger partial charge in [0.1, 0.15) is 0 Å². The summed E-state index contributed by atoms with van der Waals surface area (Å²) >= 11 is 0. The third-order valence-corrected chi connectivity index (χ3v) is 1.52. The van der Waals surface area contributed by atoms with Gasteiger partial charge in [0.05, 0.1) is 12.7 Å². The molecule has 58 valence electrons. The Balaban J connectivity index is 2.32. The topological polar surface area (TPSA) is 18.5 Å². The zero-order valence-electron chi connectivity index (χ0n) is 6.54. The molecule has 0 aliphatic carbocycles. The second-order valence-electron chi connectivity index (χ2n) is 2.50. The van der Waals surface area contributed by atoms with Gasteiger partial charge in [-0.15, -0.1) is 0 Å². The molecular formula is C8H14O2. The molecule has 2 heteroatoms. The van der Waals surface area contributed by atoms with Crippen LogP contribution >= 0.6 is 0 Å². The van der Waals surface area contributed by atoms with E-state index in [1.807, 2.05) is 19.1 Å². The minimum Gasteiger partial charge on any atom is -0.349 e.